The van der Waals surface area contributed by atoms with E-state index in [4.69, 9.17) is 12.2 Å². The van der Waals surface area contributed by atoms with E-state index in [-0.39, 0.29) is 5.41 Å². The van der Waals surface area contributed by atoms with Gasteiger partial charge in [-0.3, -0.25) is 5.10 Å². The van der Waals surface area contributed by atoms with E-state index in [1.807, 2.05) is 16.8 Å². The molecule has 0 saturated carbocycles. The zero-order valence-corrected chi connectivity index (χ0v) is 11.6. The minimum Gasteiger partial charge on any atom is -0.296 e. The molecule has 0 spiro atoms. The summed E-state index contributed by atoms with van der Waals surface area (Å²) in [7, 11) is 0. The zero-order valence-electron chi connectivity index (χ0n) is 10.7. The Kier molecular flexibility index (Phi) is 2.96. The fourth-order valence-corrected chi connectivity index (χ4v) is 2.01. The first kappa shape index (κ1) is 12.1. The van der Waals surface area contributed by atoms with Crippen molar-refractivity contribution in [2.24, 2.45) is 0 Å². The van der Waals surface area contributed by atoms with Crippen LogP contribution in [0.25, 0.3) is 5.69 Å². The molecule has 2 aromatic rings. The number of hydrogen-bond donors (Lipinski definition) is 1. The molecule has 0 radical (unpaired) electrons. The number of nitrogens with zero attached hydrogens (tertiary/aromatic N) is 1. The van der Waals surface area contributed by atoms with Crippen molar-refractivity contribution in [3.63, 3.8) is 0 Å². The lowest BCUT2D eigenvalue weighted by Gasteiger charge is -2.15. The third-order valence-corrected chi connectivity index (χ3v) is 3.09. The van der Waals surface area contributed by atoms with Crippen molar-refractivity contribution >= 4 is 12.2 Å². The SMILES string of the molecule is Cc1cccc(-n2[nH]c(C(C)(C)C)cc2=S)c1. The predicted molar refractivity (Wildman–Crippen MR) is 74.4 cm³/mol. The van der Waals surface area contributed by atoms with Crippen LogP contribution in [0.5, 0.6) is 0 Å². The van der Waals surface area contributed by atoms with Gasteiger partial charge in [-0.2, -0.15) is 0 Å². The summed E-state index contributed by atoms with van der Waals surface area (Å²) in [6.45, 7) is 8.61. The molecule has 0 aliphatic carbocycles. The number of rotatable bonds is 1. The number of H-pyrrole nitrogens is 1. The molecule has 0 atom stereocenters. The Morgan fingerprint density at radius 3 is 2.41 bits per heavy atom. The highest BCUT2D eigenvalue weighted by Gasteiger charge is 2.16. The average Bonchev–Trinajstić information content (AvgIpc) is 2.60. The maximum absolute atomic E-state index is 5.40. The number of aromatic amines is 1. The number of benzene rings is 1. The normalized spacial score (nSPS) is 11.8. The Hall–Kier alpha value is -1.35. The van der Waals surface area contributed by atoms with Crippen LogP contribution in [-0.4, -0.2) is 9.78 Å². The summed E-state index contributed by atoms with van der Waals surface area (Å²) >= 11 is 5.40. The van der Waals surface area contributed by atoms with Gasteiger partial charge in [-0.15, -0.1) is 0 Å². The molecule has 0 bridgehead atoms. The molecular formula is C14H18N2S. The van der Waals surface area contributed by atoms with E-state index in [1.54, 1.807) is 0 Å². The lowest BCUT2D eigenvalue weighted by atomic mass is 9.93. The lowest BCUT2D eigenvalue weighted by Crippen LogP contribution is -2.12. The van der Waals surface area contributed by atoms with Crippen LogP contribution in [0.3, 0.4) is 0 Å². The van der Waals surface area contributed by atoms with E-state index in [2.05, 4.69) is 51.0 Å². The van der Waals surface area contributed by atoms with Crippen molar-refractivity contribution in [3.05, 3.63) is 46.2 Å². The third-order valence-electron chi connectivity index (χ3n) is 2.79. The summed E-state index contributed by atoms with van der Waals surface area (Å²) in [6, 6.07) is 10.4. The number of nitrogens with one attached hydrogen (secondary N) is 1. The van der Waals surface area contributed by atoms with E-state index in [0.29, 0.717) is 0 Å². The van der Waals surface area contributed by atoms with Gasteiger partial charge in [0.1, 0.15) is 4.64 Å². The van der Waals surface area contributed by atoms with Crippen LogP contribution in [0.1, 0.15) is 32.0 Å². The Labute approximate surface area is 107 Å². The Bertz CT molecular complexity index is 585. The maximum Gasteiger partial charge on any atom is 0.127 e. The van der Waals surface area contributed by atoms with Crippen molar-refractivity contribution in [2.45, 2.75) is 33.1 Å². The first-order valence-corrected chi connectivity index (χ1v) is 6.18. The molecule has 1 aromatic carbocycles. The molecule has 2 rings (SSSR count). The fraction of sp³-hybridized carbons (Fsp3) is 0.357. The smallest absolute Gasteiger partial charge is 0.127 e. The molecule has 3 heteroatoms. The van der Waals surface area contributed by atoms with Gasteiger partial charge in [-0.1, -0.05) is 45.1 Å². The molecule has 17 heavy (non-hydrogen) atoms. The lowest BCUT2D eigenvalue weighted by molar-refractivity contribution is 0.560. The molecule has 0 saturated heterocycles. The van der Waals surface area contributed by atoms with E-state index in [1.165, 1.54) is 5.56 Å². The van der Waals surface area contributed by atoms with Gasteiger partial charge in [0.15, 0.2) is 0 Å². The van der Waals surface area contributed by atoms with Crippen molar-refractivity contribution in [1.82, 2.24) is 9.78 Å². The molecule has 1 N–H and O–H groups in total. The Morgan fingerprint density at radius 1 is 1.18 bits per heavy atom. The van der Waals surface area contributed by atoms with E-state index in [9.17, 15) is 0 Å². The summed E-state index contributed by atoms with van der Waals surface area (Å²) in [4.78, 5) is 0. The second-order valence-electron chi connectivity index (χ2n) is 5.43. The maximum atomic E-state index is 5.40. The van der Waals surface area contributed by atoms with Crippen LogP contribution in [-0.2, 0) is 5.41 Å². The van der Waals surface area contributed by atoms with Gasteiger partial charge in [-0.05, 0) is 30.7 Å². The Morgan fingerprint density at radius 2 is 1.88 bits per heavy atom. The van der Waals surface area contributed by atoms with Gasteiger partial charge >= 0.3 is 0 Å². The van der Waals surface area contributed by atoms with Gasteiger partial charge < -0.3 is 0 Å². The quantitative estimate of drug-likeness (QED) is 0.750. The average molecular weight is 246 g/mol. The predicted octanol–water partition coefficient (Wildman–Crippen LogP) is 4.14. The number of aromatic nitrogens is 2. The molecule has 90 valence electrons. The molecule has 0 aliphatic heterocycles. The summed E-state index contributed by atoms with van der Waals surface area (Å²) in [6.07, 6.45) is 0. The highest BCUT2D eigenvalue weighted by molar-refractivity contribution is 7.71. The van der Waals surface area contributed by atoms with Crippen LogP contribution >= 0.6 is 12.2 Å². The van der Waals surface area contributed by atoms with Gasteiger partial charge in [0.05, 0.1) is 5.69 Å². The molecule has 0 unspecified atom stereocenters. The van der Waals surface area contributed by atoms with Crippen molar-refractivity contribution in [1.29, 1.82) is 0 Å². The van der Waals surface area contributed by atoms with Crippen LogP contribution in [0, 0.1) is 11.6 Å². The van der Waals surface area contributed by atoms with Crippen LogP contribution < -0.4 is 0 Å². The van der Waals surface area contributed by atoms with Crippen LogP contribution in [0.4, 0.5) is 0 Å². The van der Waals surface area contributed by atoms with Crippen molar-refractivity contribution < 1.29 is 0 Å². The monoisotopic (exact) mass is 246 g/mol. The molecule has 0 amide bonds. The van der Waals surface area contributed by atoms with E-state index >= 15 is 0 Å². The number of hydrogen-bond acceptors (Lipinski definition) is 1. The van der Waals surface area contributed by atoms with E-state index < -0.39 is 0 Å². The van der Waals surface area contributed by atoms with Gasteiger partial charge in [0.2, 0.25) is 0 Å². The van der Waals surface area contributed by atoms with Gasteiger partial charge in [-0.25, -0.2) is 4.68 Å². The second kappa shape index (κ2) is 4.15. The topological polar surface area (TPSA) is 20.7 Å². The van der Waals surface area contributed by atoms with Crippen molar-refractivity contribution in [2.75, 3.05) is 0 Å². The van der Waals surface area contributed by atoms with Crippen LogP contribution in [0.15, 0.2) is 30.3 Å². The molecule has 1 heterocycles. The zero-order chi connectivity index (χ0) is 12.6. The standard InChI is InChI=1S/C14H18N2S/c1-10-6-5-7-11(8-10)16-13(17)9-12(15-16)14(2,3)4/h5-9,15H,1-4H3. The first-order valence-electron chi connectivity index (χ1n) is 5.77. The van der Waals surface area contributed by atoms with Crippen molar-refractivity contribution in [3.8, 4) is 5.69 Å². The van der Waals surface area contributed by atoms with Gasteiger partial charge in [0.25, 0.3) is 0 Å². The third kappa shape index (κ3) is 2.50. The largest absolute Gasteiger partial charge is 0.296 e. The summed E-state index contributed by atoms with van der Waals surface area (Å²) in [5.41, 5.74) is 3.56. The molecule has 0 aliphatic rings. The number of aryl methyl sites for hydroxylation is 1. The minimum absolute atomic E-state index is 0.0859. The summed E-state index contributed by atoms with van der Waals surface area (Å²) < 4.78 is 2.78. The molecule has 2 nitrogen and oxygen atoms in total. The first-order chi connectivity index (χ1) is 7.88. The Balaban J connectivity index is 2.54. The van der Waals surface area contributed by atoms with E-state index in [0.717, 1.165) is 16.0 Å². The fourth-order valence-electron chi connectivity index (χ4n) is 1.74. The summed E-state index contributed by atoms with van der Waals surface area (Å²) in [5.74, 6) is 0. The van der Waals surface area contributed by atoms with Gasteiger partial charge in [0, 0.05) is 11.1 Å². The highest BCUT2D eigenvalue weighted by atomic mass is 32.1. The molecule has 1 aromatic heterocycles. The highest BCUT2D eigenvalue weighted by Crippen LogP contribution is 2.22. The summed E-state index contributed by atoms with van der Waals surface area (Å²) in [5, 5.41) is 3.38. The molecular weight excluding hydrogens is 228 g/mol. The second-order valence-corrected chi connectivity index (χ2v) is 5.85. The minimum atomic E-state index is 0.0859. The van der Waals surface area contributed by atoms with Crippen LogP contribution in [0.2, 0.25) is 0 Å². The molecule has 0 fully saturated rings.